The van der Waals surface area contributed by atoms with Crippen LogP contribution in [0, 0.1) is 13.8 Å². The lowest BCUT2D eigenvalue weighted by molar-refractivity contribution is -0.137. The molecule has 0 amide bonds. The van der Waals surface area contributed by atoms with Crippen molar-refractivity contribution in [3.8, 4) is 0 Å². The van der Waals surface area contributed by atoms with Crippen LogP contribution in [0.25, 0.3) is 5.78 Å². The van der Waals surface area contributed by atoms with Gasteiger partial charge in [-0.2, -0.15) is 27.8 Å². The summed E-state index contributed by atoms with van der Waals surface area (Å²) in [6.45, 7) is 7.33. The van der Waals surface area contributed by atoms with Crippen LogP contribution in [0.4, 0.5) is 19.0 Å². The minimum absolute atomic E-state index is 0.461. The molecule has 3 aromatic rings. The first-order chi connectivity index (χ1) is 11.6. The van der Waals surface area contributed by atoms with Crippen molar-refractivity contribution < 1.29 is 13.2 Å². The molecule has 2 aromatic heterocycles. The number of rotatable bonds is 3. The highest BCUT2D eigenvalue weighted by Crippen LogP contribution is 2.34. The van der Waals surface area contributed by atoms with E-state index in [2.05, 4.69) is 20.4 Å². The largest absolute Gasteiger partial charge is 0.416 e. The first-order valence-corrected chi connectivity index (χ1v) is 7.72. The van der Waals surface area contributed by atoms with E-state index in [0.717, 1.165) is 17.3 Å². The molecule has 0 aliphatic heterocycles. The van der Waals surface area contributed by atoms with Gasteiger partial charge in [0.1, 0.15) is 12.1 Å². The molecule has 25 heavy (non-hydrogen) atoms. The fraction of sp³-hybridized carbons (Fsp3) is 0.353. The Bertz CT molecular complexity index is 928. The van der Waals surface area contributed by atoms with Crippen molar-refractivity contribution in [2.24, 2.45) is 0 Å². The number of anilines is 1. The van der Waals surface area contributed by atoms with Crippen molar-refractivity contribution in [1.29, 1.82) is 0 Å². The molecule has 0 aliphatic rings. The molecular weight excluding hydrogens is 331 g/mol. The van der Waals surface area contributed by atoms with Gasteiger partial charge in [-0.25, -0.2) is 4.98 Å². The van der Waals surface area contributed by atoms with Crippen molar-refractivity contribution >= 4 is 11.6 Å². The predicted octanol–water partition coefficient (Wildman–Crippen LogP) is 4.11. The van der Waals surface area contributed by atoms with Gasteiger partial charge in [-0.15, -0.1) is 0 Å². The fourth-order valence-electron chi connectivity index (χ4n) is 2.95. The molecule has 132 valence electrons. The van der Waals surface area contributed by atoms with E-state index < -0.39 is 17.3 Å². The van der Waals surface area contributed by atoms with Gasteiger partial charge in [0.2, 0.25) is 0 Å². The number of halogens is 3. The van der Waals surface area contributed by atoms with Crippen LogP contribution in [0.5, 0.6) is 0 Å². The number of aromatic nitrogens is 4. The third-order valence-corrected chi connectivity index (χ3v) is 4.05. The highest BCUT2D eigenvalue weighted by molar-refractivity contribution is 5.49. The van der Waals surface area contributed by atoms with Crippen LogP contribution in [0.3, 0.4) is 0 Å². The van der Waals surface area contributed by atoms with Crippen LogP contribution in [0.15, 0.2) is 30.6 Å². The monoisotopic (exact) mass is 349 g/mol. The van der Waals surface area contributed by atoms with Gasteiger partial charge >= 0.3 is 6.18 Å². The Hall–Kier alpha value is -2.64. The van der Waals surface area contributed by atoms with E-state index in [0.29, 0.717) is 17.2 Å². The minimum Gasteiger partial charge on any atom is -0.361 e. The second kappa shape index (κ2) is 5.72. The topological polar surface area (TPSA) is 55.1 Å². The summed E-state index contributed by atoms with van der Waals surface area (Å²) in [6.07, 6.45) is -2.95. The number of alkyl halides is 3. The van der Waals surface area contributed by atoms with Gasteiger partial charge in [0.15, 0.2) is 0 Å². The Balaban J connectivity index is 2.00. The van der Waals surface area contributed by atoms with Crippen molar-refractivity contribution in [3.05, 3.63) is 53.0 Å². The Labute approximate surface area is 142 Å². The maximum atomic E-state index is 12.9. The summed E-state index contributed by atoms with van der Waals surface area (Å²) in [7, 11) is 0. The third kappa shape index (κ3) is 3.29. The Morgan fingerprint density at radius 1 is 1.08 bits per heavy atom. The second-order valence-corrected chi connectivity index (χ2v) is 6.53. The second-order valence-electron chi connectivity index (χ2n) is 6.53. The molecule has 0 atom stereocenters. The molecule has 0 fully saturated rings. The number of aryl methyl sites for hydroxylation is 2. The first kappa shape index (κ1) is 17.2. The van der Waals surface area contributed by atoms with Crippen LogP contribution < -0.4 is 5.32 Å². The molecule has 1 aromatic carbocycles. The zero-order valence-corrected chi connectivity index (χ0v) is 14.3. The Morgan fingerprint density at radius 2 is 1.80 bits per heavy atom. The van der Waals surface area contributed by atoms with Gasteiger partial charge in [0, 0.05) is 11.8 Å². The molecule has 0 unspecified atom stereocenters. The van der Waals surface area contributed by atoms with E-state index in [-0.39, 0.29) is 0 Å². The molecule has 0 saturated heterocycles. The average Bonchev–Trinajstić information content (AvgIpc) is 2.93. The number of nitrogens with one attached hydrogen (secondary N) is 1. The number of benzene rings is 1. The van der Waals surface area contributed by atoms with Gasteiger partial charge < -0.3 is 5.32 Å². The van der Waals surface area contributed by atoms with E-state index in [1.807, 2.05) is 26.8 Å². The number of hydrogen-bond donors (Lipinski definition) is 1. The summed E-state index contributed by atoms with van der Waals surface area (Å²) in [5.41, 5.74) is 0.822. The highest BCUT2D eigenvalue weighted by Gasteiger charge is 2.32. The lowest BCUT2D eigenvalue weighted by Crippen LogP contribution is -2.30. The fourth-order valence-corrected chi connectivity index (χ4v) is 2.95. The van der Waals surface area contributed by atoms with Gasteiger partial charge in [-0.1, -0.05) is 6.07 Å². The zero-order chi connectivity index (χ0) is 18.4. The smallest absolute Gasteiger partial charge is 0.361 e. The van der Waals surface area contributed by atoms with Crippen molar-refractivity contribution in [2.75, 3.05) is 5.32 Å². The van der Waals surface area contributed by atoms with E-state index in [9.17, 15) is 13.2 Å². The lowest BCUT2D eigenvalue weighted by atomic mass is 9.89. The number of fused-ring (bicyclic) bond motifs is 1. The maximum Gasteiger partial charge on any atom is 0.416 e. The van der Waals surface area contributed by atoms with Crippen molar-refractivity contribution in [3.63, 3.8) is 0 Å². The summed E-state index contributed by atoms with van der Waals surface area (Å²) < 4.78 is 40.2. The van der Waals surface area contributed by atoms with E-state index in [4.69, 9.17) is 0 Å². The molecular formula is C17H18F3N5. The normalized spacial score (nSPS) is 12.6. The molecule has 8 heteroatoms. The molecule has 3 rings (SSSR count). The molecule has 0 bridgehead atoms. The minimum atomic E-state index is -4.35. The Kier molecular flexibility index (Phi) is 3.93. The zero-order valence-electron chi connectivity index (χ0n) is 14.3. The molecule has 0 spiro atoms. The van der Waals surface area contributed by atoms with Crippen LogP contribution in [0.1, 0.15) is 36.2 Å². The molecule has 1 N–H and O–H groups in total. The predicted molar refractivity (Wildman–Crippen MR) is 88.3 cm³/mol. The Morgan fingerprint density at radius 3 is 2.44 bits per heavy atom. The molecule has 2 heterocycles. The third-order valence-electron chi connectivity index (χ3n) is 4.05. The molecule has 5 nitrogen and oxygen atoms in total. The van der Waals surface area contributed by atoms with Crippen LogP contribution in [0.2, 0.25) is 0 Å². The molecule has 0 saturated carbocycles. The maximum absolute atomic E-state index is 12.9. The average molecular weight is 349 g/mol. The first-order valence-electron chi connectivity index (χ1n) is 7.72. The summed E-state index contributed by atoms with van der Waals surface area (Å²) in [5.74, 6) is 1.13. The van der Waals surface area contributed by atoms with Crippen molar-refractivity contribution in [2.45, 2.75) is 39.4 Å². The summed E-state index contributed by atoms with van der Waals surface area (Å²) >= 11 is 0. The highest BCUT2D eigenvalue weighted by atomic mass is 19.4. The van der Waals surface area contributed by atoms with Crippen LogP contribution >= 0.6 is 0 Å². The van der Waals surface area contributed by atoms with E-state index in [1.54, 1.807) is 11.4 Å². The van der Waals surface area contributed by atoms with Crippen molar-refractivity contribution in [1.82, 2.24) is 19.6 Å². The number of nitrogens with zero attached hydrogens (tertiary/aromatic N) is 4. The molecule has 0 aliphatic carbocycles. The quantitative estimate of drug-likeness (QED) is 0.773. The van der Waals surface area contributed by atoms with Gasteiger partial charge in [-0.05, 0) is 51.0 Å². The van der Waals surface area contributed by atoms with Gasteiger partial charge in [-0.3, -0.25) is 0 Å². The summed E-state index contributed by atoms with van der Waals surface area (Å²) in [4.78, 5) is 8.35. The summed E-state index contributed by atoms with van der Waals surface area (Å²) in [6, 6.07) is 5.61. The van der Waals surface area contributed by atoms with Crippen LogP contribution in [-0.4, -0.2) is 19.6 Å². The van der Waals surface area contributed by atoms with E-state index >= 15 is 0 Å². The van der Waals surface area contributed by atoms with Crippen LogP contribution in [-0.2, 0) is 11.7 Å². The van der Waals surface area contributed by atoms with Gasteiger partial charge in [0.05, 0.1) is 11.1 Å². The number of hydrogen-bond acceptors (Lipinski definition) is 4. The van der Waals surface area contributed by atoms with Gasteiger partial charge in [0.25, 0.3) is 5.78 Å². The molecule has 0 radical (unpaired) electrons. The SMILES string of the molecule is Cc1cc(NC(C)(C)c2ccc(C(F)(F)F)cc2C)n2ncnc2n1. The standard InChI is InChI=1S/C17H18F3N5/c1-10-7-12(17(18,19)20)5-6-13(10)16(3,4)24-14-8-11(2)23-15-21-9-22-25(14)15/h5-9,24H,1-4H3. The lowest BCUT2D eigenvalue weighted by Gasteiger charge is -2.30. The summed E-state index contributed by atoms with van der Waals surface area (Å²) in [5, 5.41) is 7.48. The van der Waals surface area contributed by atoms with E-state index in [1.165, 1.54) is 18.5 Å².